The van der Waals surface area contributed by atoms with Crippen LogP contribution in [-0.2, 0) is 6.54 Å². The Kier molecular flexibility index (Phi) is 6.08. The molecule has 0 spiro atoms. The van der Waals surface area contributed by atoms with Gasteiger partial charge in [-0.3, -0.25) is 4.68 Å². The molecule has 0 aliphatic rings. The highest BCUT2D eigenvalue weighted by Crippen LogP contribution is 2.12. The summed E-state index contributed by atoms with van der Waals surface area (Å²) < 4.78 is 25.0. The lowest BCUT2D eigenvalue weighted by atomic mass is 10.1. The van der Waals surface area contributed by atoms with Gasteiger partial charge in [-0.05, 0) is 11.5 Å². The van der Waals surface area contributed by atoms with Crippen LogP contribution in [0.15, 0.2) is 12.4 Å². The first kappa shape index (κ1) is 13.1. The third-order valence-electron chi connectivity index (χ3n) is 1.64. The van der Waals surface area contributed by atoms with E-state index < -0.39 is 6.43 Å². The van der Waals surface area contributed by atoms with Crippen LogP contribution in [0.5, 0.6) is 0 Å². The third kappa shape index (κ3) is 4.35. The Morgan fingerprint density at radius 1 is 1.36 bits per heavy atom. The molecule has 0 aliphatic carbocycles. The van der Waals surface area contributed by atoms with Crippen LogP contribution >= 0.6 is 0 Å². The second-order valence-electron chi connectivity index (χ2n) is 3.04. The molecule has 14 heavy (non-hydrogen) atoms. The first-order valence-corrected chi connectivity index (χ1v) is 4.90. The number of aromatic nitrogens is 2. The van der Waals surface area contributed by atoms with Gasteiger partial charge in [0.25, 0.3) is 6.43 Å². The molecule has 0 bridgehead atoms. The van der Waals surface area contributed by atoms with Crippen LogP contribution in [0.2, 0.25) is 0 Å². The second-order valence-corrected chi connectivity index (χ2v) is 3.04. The molecule has 0 saturated heterocycles. The Hall–Kier alpha value is -0.930. The molecule has 1 heterocycles. The van der Waals surface area contributed by atoms with Gasteiger partial charge in [-0.25, -0.2) is 8.78 Å². The minimum atomic E-state index is -2.33. The largest absolute Gasteiger partial charge is 0.267 e. The summed E-state index contributed by atoms with van der Waals surface area (Å²) in [6, 6.07) is 0. The fourth-order valence-electron chi connectivity index (χ4n) is 0.919. The normalized spacial score (nSPS) is 10.3. The van der Waals surface area contributed by atoms with Crippen LogP contribution in [0, 0.1) is 0 Å². The van der Waals surface area contributed by atoms with E-state index in [2.05, 4.69) is 5.10 Å². The van der Waals surface area contributed by atoms with Crippen molar-refractivity contribution >= 4 is 0 Å². The van der Waals surface area contributed by atoms with Crippen LogP contribution in [0.3, 0.4) is 0 Å². The third-order valence-corrected chi connectivity index (χ3v) is 1.64. The van der Waals surface area contributed by atoms with E-state index in [0.717, 1.165) is 5.56 Å². The Bertz CT molecular complexity index is 244. The van der Waals surface area contributed by atoms with Gasteiger partial charge in [-0.15, -0.1) is 0 Å². The molecule has 0 aromatic carbocycles. The zero-order chi connectivity index (χ0) is 11.1. The molecule has 0 unspecified atom stereocenters. The van der Waals surface area contributed by atoms with Crippen molar-refractivity contribution in [2.75, 3.05) is 0 Å². The predicted octanol–water partition coefficient (Wildman–Crippen LogP) is 3.30. The molecule has 0 atom stereocenters. The first-order valence-electron chi connectivity index (χ1n) is 4.90. The summed E-state index contributed by atoms with van der Waals surface area (Å²) in [5.74, 6) is 0.344. The molecule has 1 rings (SSSR count). The molecular weight excluding hydrogens is 186 g/mol. The summed E-state index contributed by atoms with van der Waals surface area (Å²) in [4.78, 5) is 0. The summed E-state index contributed by atoms with van der Waals surface area (Å²) in [6.45, 7) is 7.69. The fraction of sp³-hybridized carbons (Fsp3) is 0.700. The van der Waals surface area contributed by atoms with Gasteiger partial charge in [0, 0.05) is 6.20 Å². The minimum absolute atomic E-state index is 0.313. The highest BCUT2D eigenvalue weighted by molar-refractivity contribution is 5.08. The first-order chi connectivity index (χ1) is 6.59. The number of rotatable bonds is 3. The molecule has 0 radical (unpaired) electrons. The van der Waals surface area contributed by atoms with Crippen LogP contribution in [0.25, 0.3) is 0 Å². The average molecular weight is 204 g/mol. The molecule has 0 saturated carbocycles. The summed E-state index contributed by atoms with van der Waals surface area (Å²) in [7, 11) is 0. The summed E-state index contributed by atoms with van der Waals surface area (Å²) >= 11 is 0. The fourth-order valence-corrected chi connectivity index (χ4v) is 0.919. The van der Waals surface area contributed by atoms with Crippen molar-refractivity contribution in [3.63, 3.8) is 0 Å². The standard InChI is InChI=1S/C8H12F2N2.C2H6/c1-6(2)7-3-11-12(4-7)5-8(9)10;1-2/h3-4,6,8H,5H2,1-2H3;1-2H3. The Labute approximate surface area is 83.9 Å². The molecule has 0 amide bonds. The van der Waals surface area contributed by atoms with Crippen molar-refractivity contribution in [3.8, 4) is 0 Å². The molecule has 0 N–H and O–H groups in total. The zero-order valence-corrected chi connectivity index (χ0v) is 9.17. The molecule has 0 fully saturated rings. The van der Waals surface area contributed by atoms with E-state index in [0.29, 0.717) is 5.92 Å². The van der Waals surface area contributed by atoms with Crippen molar-refractivity contribution < 1.29 is 8.78 Å². The molecule has 4 heteroatoms. The maximum atomic E-state index is 11.9. The van der Waals surface area contributed by atoms with Crippen molar-refractivity contribution in [3.05, 3.63) is 18.0 Å². The highest BCUT2D eigenvalue weighted by atomic mass is 19.3. The van der Waals surface area contributed by atoms with E-state index in [1.807, 2.05) is 27.7 Å². The highest BCUT2D eigenvalue weighted by Gasteiger charge is 2.06. The maximum absolute atomic E-state index is 11.9. The van der Waals surface area contributed by atoms with E-state index in [4.69, 9.17) is 0 Å². The van der Waals surface area contributed by atoms with Gasteiger partial charge in [0.1, 0.15) is 6.54 Å². The number of nitrogens with zero attached hydrogens (tertiary/aromatic N) is 2. The van der Waals surface area contributed by atoms with Gasteiger partial charge in [0.05, 0.1) is 6.20 Å². The predicted molar refractivity (Wildman–Crippen MR) is 53.7 cm³/mol. The van der Waals surface area contributed by atoms with Gasteiger partial charge in [-0.1, -0.05) is 27.7 Å². The minimum Gasteiger partial charge on any atom is -0.267 e. The lowest BCUT2D eigenvalue weighted by molar-refractivity contribution is 0.122. The van der Waals surface area contributed by atoms with Gasteiger partial charge < -0.3 is 0 Å². The van der Waals surface area contributed by atoms with Crippen LogP contribution in [0.1, 0.15) is 39.2 Å². The van der Waals surface area contributed by atoms with E-state index >= 15 is 0 Å². The van der Waals surface area contributed by atoms with Crippen molar-refractivity contribution in [1.29, 1.82) is 0 Å². The molecule has 1 aromatic heterocycles. The van der Waals surface area contributed by atoms with Crippen molar-refractivity contribution in [2.24, 2.45) is 0 Å². The molecule has 1 aromatic rings. The van der Waals surface area contributed by atoms with Crippen LogP contribution in [0.4, 0.5) is 8.78 Å². The lowest BCUT2D eigenvalue weighted by Crippen LogP contribution is -2.06. The summed E-state index contributed by atoms with van der Waals surface area (Å²) in [5, 5.41) is 3.81. The Balaban J connectivity index is 0.000000791. The van der Waals surface area contributed by atoms with E-state index in [9.17, 15) is 8.78 Å². The Morgan fingerprint density at radius 2 is 1.93 bits per heavy atom. The SMILES string of the molecule is CC.CC(C)c1cnn(CC(F)F)c1. The van der Waals surface area contributed by atoms with Gasteiger partial charge in [0.15, 0.2) is 0 Å². The van der Waals surface area contributed by atoms with Crippen LogP contribution < -0.4 is 0 Å². The Morgan fingerprint density at radius 3 is 2.29 bits per heavy atom. The van der Waals surface area contributed by atoms with Crippen LogP contribution in [-0.4, -0.2) is 16.2 Å². The average Bonchev–Trinajstić information content (AvgIpc) is 2.55. The quantitative estimate of drug-likeness (QED) is 0.738. The van der Waals surface area contributed by atoms with E-state index in [1.54, 1.807) is 12.4 Å². The molecular formula is C10H18F2N2. The summed E-state index contributed by atoms with van der Waals surface area (Å²) in [6.07, 6.45) is 0.967. The summed E-state index contributed by atoms with van der Waals surface area (Å²) in [5.41, 5.74) is 0.996. The molecule has 0 aliphatic heterocycles. The molecule has 2 nitrogen and oxygen atoms in total. The van der Waals surface area contributed by atoms with E-state index in [-0.39, 0.29) is 6.54 Å². The second kappa shape index (κ2) is 6.51. The molecule has 82 valence electrons. The number of hydrogen-bond acceptors (Lipinski definition) is 1. The smallest absolute Gasteiger partial charge is 0.257 e. The zero-order valence-electron chi connectivity index (χ0n) is 9.17. The van der Waals surface area contributed by atoms with Gasteiger partial charge in [-0.2, -0.15) is 5.10 Å². The lowest BCUT2D eigenvalue weighted by Gasteiger charge is -1.99. The van der Waals surface area contributed by atoms with E-state index in [1.165, 1.54) is 4.68 Å². The van der Waals surface area contributed by atoms with Gasteiger partial charge in [0.2, 0.25) is 0 Å². The van der Waals surface area contributed by atoms with Gasteiger partial charge >= 0.3 is 0 Å². The topological polar surface area (TPSA) is 17.8 Å². The number of alkyl halides is 2. The number of halogens is 2. The van der Waals surface area contributed by atoms with Crippen molar-refractivity contribution in [1.82, 2.24) is 9.78 Å². The maximum Gasteiger partial charge on any atom is 0.257 e. The number of hydrogen-bond donors (Lipinski definition) is 0. The monoisotopic (exact) mass is 204 g/mol. The van der Waals surface area contributed by atoms with Crippen molar-refractivity contribution in [2.45, 2.75) is 46.6 Å².